The van der Waals surface area contributed by atoms with Crippen LogP contribution in [0.2, 0.25) is 0 Å². The standard InChI is InChI=1S/C15H13NO3/c1-11-6-5-9-14(16(18)19)13(11)10-15(17)12-7-3-2-4-8-12/h2-9H,10H2,1H3. The van der Waals surface area contributed by atoms with Gasteiger partial charge in [0.1, 0.15) is 0 Å². The maximum atomic E-state index is 12.1. The van der Waals surface area contributed by atoms with Crippen LogP contribution in [-0.2, 0) is 6.42 Å². The van der Waals surface area contributed by atoms with Crippen molar-refractivity contribution in [2.24, 2.45) is 0 Å². The average molecular weight is 255 g/mol. The zero-order valence-electron chi connectivity index (χ0n) is 10.5. The lowest BCUT2D eigenvalue weighted by atomic mass is 9.98. The highest BCUT2D eigenvalue weighted by molar-refractivity contribution is 5.98. The van der Waals surface area contributed by atoms with Crippen LogP contribution >= 0.6 is 0 Å². The molecule has 0 amide bonds. The third-order valence-electron chi connectivity index (χ3n) is 3.02. The number of ketones is 1. The summed E-state index contributed by atoms with van der Waals surface area (Å²) in [6.45, 7) is 1.78. The van der Waals surface area contributed by atoms with Crippen molar-refractivity contribution in [3.8, 4) is 0 Å². The molecule has 0 aliphatic rings. The minimum Gasteiger partial charge on any atom is -0.294 e. The summed E-state index contributed by atoms with van der Waals surface area (Å²) in [5.74, 6) is -0.113. The average Bonchev–Trinajstić information content (AvgIpc) is 2.41. The lowest BCUT2D eigenvalue weighted by Gasteiger charge is -2.06. The monoisotopic (exact) mass is 255 g/mol. The first kappa shape index (κ1) is 13.0. The molecule has 96 valence electrons. The molecule has 4 nitrogen and oxygen atoms in total. The number of nitro groups is 1. The van der Waals surface area contributed by atoms with Crippen LogP contribution in [-0.4, -0.2) is 10.7 Å². The molecule has 4 heteroatoms. The van der Waals surface area contributed by atoms with Gasteiger partial charge in [0, 0.05) is 23.6 Å². The van der Waals surface area contributed by atoms with Gasteiger partial charge < -0.3 is 0 Å². The van der Waals surface area contributed by atoms with Gasteiger partial charge in [0.05, 0.1) is 4.92 Å². The largest absolute Gasteiger partial charge is 0.294 e. The van der Waals surface area contributed by atoms with Crippen LogP contribution < -0.4 is 0 Å². The van der Waals surface area contributed by atoms with E-state index in [-0.39, 0.29) is 17.9 Å². The molecule has 0 bridgehead atoms. The third-order valence-corrected chi connectivity index (χ3v) is 3.02. The molecule has 0 aliphatic heterocycles. The van der Waals surface area contributed by atoms with Gasteiger partial charge in [0.25, 0.3) is 5.69 Å². The number of rotatable bonds is 4. The Morgan fingerprint density at radius 2 is 1.79 bits per heavy atom. The second kappa shape index (κ2) is 5.44. The molecule has 0 saturated carbocycles. The Hall–Kier alpha value is -2.49. The molecule has 0 atom stereocenters. The summed E-state index contributed by atoms with van der Waals surface area (Å²) in [5, 5.41) is 11.0. The number of Topliss-reactive ketones (excluding diaryl/α,β-unsaturated/α-hetero) is 1. The number of nitrogens with zero attached hydrogens (tertiary/aromatic N) is 1. The fourth-order valence-electron chi connectivity index (χ4n) is 1.97. The summed E-state index contributed by atoms with van der Waals surface area (Å²) in [6.07, 6.45) is 0.0486. The normalized spacial score (nSPS) is 10.2. The number of carbonyl (C=O) groups is 1. The van der Waals surface area contributed by atoms with Crippen molar-refractivity contribution in [1.82, 2.24) is 0 Å². The molecule has 2 rings (SSSR count). The summed E-state index contributed by atoms with van der Waals surface area (Å²) in [5.41, 5.74) is 1.82. The van der Waals surface area contributed by atoms with E-state index >= 15 is 0 Å². The molecule has 0 aliphatic carbocycles. The predicted octanol–water partition coefficient (Wildman–Crippen LogP) is 3.33. The van der Waals surface area contributed by atoms with Gasteiger partial charge in [0.2, 0.25) is 0 Å². The second-order valence-electron chi connectivity index (χ2n) is 4.30. The topological polar surface area (TPSA) is 60.2 Å². The Kier molecular flexibility index (Phi) is 3.71. The van der Waals surface area contributed by atoms with Crippen molar-refractivity contribution in [3.05, 3.63) is 75.3 Å². The van der Waals surface area contributed by atoms with Crippen molar-refractivity contribution in [2.75, 3.05) is 0 Å². The Labute approximate surface area is 110 Å². The molecule has 0 saturated heterocycles. The summed E-state index contributed by atoms with van der Waals surface area (Å²) in [7, 11) is 0. The summed E-state index contributed by atoms with van der Waals surface area (Å²) < 4.78 is 0. The van der Waals surface area contributed by atoms with Gasteiger partial charge in [-0.1, -0.05) is 42.5 Å². The lowest BCUT2D eigenvalue weighted by Crippen LogP contribution is -2.07. The van der Waals surface area contributed by atoms with Crippen molar-refractivity contribution >= 4 is 11.5 Å². The van der Waals surface area contributed by atoms with E-state index in [4.69, 9.17) is 0 Å². The predicted molar refractivity (Wildman–Crippen MR) is 72.3 cm³/mol. The lowest BCUT2D eigenvalue weighted by molar-refractivity contribution is -0.385. The van der Waals surface area contributed by atoms with E-state index in [1.807, 2.05) is 6.07 Å². The molecule has 0 unspecified atom stereocenters. The Morgan fingerprint density at radius 1 is 1.11 bits per heavy atom. The number of carbonyl (C=O) groups excluding carboxylic acids is 1. The van der Waals surface area contributed by atoms with Crippen LogP contribution in [0.3, 0.4) is 0 Å². The van der Waals surface area contributed by atoms with E-state index in [0.29, 0.717) is 11.1 Å². The smallest absolute Gasteiger partial charge is 0.273 e. The van der Waals surface area contributed by atoms with E-state index in [1.54, 1.807) is 43.3 Å². The first-order valence-electron chi connectivity index (χ1n) is 5.90. The molecular weight excluding hydrogens is 242 g/mol. The minimum absolute atomic E-state index is 0.00396. The van der Waals surface area contributed by atoms with E-state index in [2.05, 4.69) is 0 Å². The molecule has 0 N–H and O–H groups in total. The Morgan fingerprint density at radius 3 is 2.42 bits per heavy atom. The summed E-state index contributed by atoms with van der Waals surface area (Å²) in [6, 6.07) is 13.6. The Balaban J connectivity index is 2.34. The van der Waals surface area contributed by atoms with Gasteiger partial charge in [-0.2, -0.15) is 0 Å². The summed E-state index contributed by atoms with van der Waals surface area (Å²) in [4.78, 5) is 22.7. The molecule has 0 spiro atoms. The van der Waals surface area contributed by atoms with Gasteiger partial charge in [-0.3, -0.25) is 14.9 Å². The molecular formula is C15H13NO3. The molecule has 0 fully saturated rings. The first-order valence-corrected chi connectivity index (χ1v) is 5.90. The highest BCUT2D eigenvalue weighted by atomic mass is 16.6. The van der Waals surface area contributed by atoms with Crippen LogP contribution in [0.4, 0.5) is 5.69 Å². The van der Waals surface area contributed by atoms with Gasteiger partial charge in [-0.25, -0.2) is 0 Å². The van der Waals surface area contributed by atoms with E-state index < -0.39 is 4.92 Å². The number of benzene rings is 2. The maximum absolute atomic E-state index is 12.1. The quantitative estimate of drug-likeness (QED) is 0.478. The number of hydrogen-bond donors (Lipinski definition) is 0. The van der Waals surface area contributed by atoms with Crippen LogP contribution in [0.25, 0.3) is 0 Å². The number of nitro benzene ring substituents is 1. The highest BCUT2D eigenvalue weighted by Gasteiger charge is 2.18. The third kappa shape index (κ3) is 2.85. The van der Waals surface area contributed by atoms with Gasteiger partial charge >= 0.3 is 0 Å². The van der Waals surface area contributed by atoms with Gasteiger partial charge in [-0.15, -0.1) is 0 Å². The minimum atomic E-state index is -0.444. The van der Waals surface area contributed by atoms with E-state index in [9.17, 15) is 14.9 Å². The fraction of sp³-hybridized carbons (Fsp3) is 0.133. The van der Waals surface area contributed by atoms with Crippen LogP contribution in [0.1, 0.15) is 21.5 Å². The fourth-order valence-corrected chi connectivity index (χ4v) is 1.97. The summed E-state index contributed by atoms with van der Waals surface area (Å²) >= 11 is 0. The van der Waals surface area contributed by atoms with Gasteiger partial charge in [0.15, 0.2) is 5.78 Å². The zero-order valence-corrected chi connectivity index (χ0v) is 10.5. The Bertz CT molecular complexity index is 621. The first-order chi connectivity index (χ1) is 9.09. The molecule has 0 heterocycles. The van der Waals surface area contributed by atoms with E-state index in [0.717, 1.165) is 5.56 Å². The number of hydrogen-bond acceptors (Lipinski definition) is 3. The molecule has 0 radical (unpaired) electrons. The van der Waals surface area contributed by atoms with Crippen LogP contribution in [0.15, 0.2) is 48.5 Å². The second-order valence-corrected chi connectivity index (χ2v) is 4.30. The SMILES string of the molecule is Cc1cccc([N+](=O)[O-])c1CC(=O)c1ccccc1. The zero-order chi connectivity index (χ0) is 13.8. The maximum Gasteiger partial charge on any atom is 0.273 e. The van der Waals surface area contributed by atoms with Crippen LogP contribution in [0.5, 0.6) is 0 Å². The van der Waals surface area contributed by atoms with Gasteiger partial charge in [-0.05, 0) is 12.5 Å². The molecule has 2 aromatic carbocycles. The van der Waals surface area contributed by atoms with Crippen molar-refractivity contribution < 1.29 is 9.72 Å². The van der Waals surface area contributed by atoms with E-state index in [1.165, 1.54) is 6.07 Å². The van der Waals surface area contributed by atoms with Crippen molar-refractivity contribution in [1.29, 1.82) is 0 Å². The van der Waals surface area contributed by atoms with Crippen molar-refractivity contribution in [2.45, 2.75) is 13.3 Å². The molecule has 2 aromatic rings. The molecule has 19 heavy (non-hydrogen) atoms. The highest BCUT2D eigenvalue weighted by Crippen LogP contribution is 2.23. The van der Waals surface area contributed by atoms with Crippen molar-refractivity contribution in [3.63, 3.8) is 0 Å². The van der Waals surface area contributed by atoms with Crippen LogP contribution in [0, 0.1) is 17.0 Å². The number of aryl methyl sites for hydroxylation is 1. The molecule has 0 aromatic heterocycles.